The molecule has 1 aliphatic heterocycles. The molecule has 0 aliphatic carbocycles. The average molecular weight is 362 g/mol. The first-order valence-corrected chi connectivity index (χ1v) is 9.67. The van der Waals surface area contributed by atoms with E-state index in [-0.39, 0.29) is 0 Å². The maximum atomic E-state index is 5.36. The highest BCUT2D eigenvalue weighted by Crippen LogP contribution is 2.25. The van der Waals surface area contributed by atoms with Crippen molar-refractivity contribution in [1.29, 1.82) is 0 Å². The Morgan fingerprint density at radius 3 is 2.63 bits per heavy atom. The van der Waals surface area contributed by atoms with E-state index in [1.54, 1.807) is 6.26 Å². The molecular formula is C22H26N4O. The number of hydrogen-bond acceptors (Lipinski definition) is 5. The van der Waals surface area contributed by atoms with E-state index in [9.17, 15) is 0 Å². The lowest BCUT2D eigenvalue weighted by Crippen LogP contribution is -2.35. The summed E-state index contributed by atoms with van der Waals surface area (Å²) in [6.07, 6.45) is 5.26. The Morgan fingerprint density at radius 1 is 1.07 bits per heavy atom. The van der Waals surface area contributed by atoms with E-state index >= 15 is 0 Å². The Balaban J connectivity index is 1.36. The maximum Gasteiger partial charge on any atom is 0.225 e. The van der Waals surface area contributed by atoms with Gasteiger partial charge in [0.2, 0.25) is 5.95 Å². The van der Waals surface area contributed by atoms with Crippen molar-refractivity contribution in [2.75, 3.05) is 23.3 Å². The quantitative estimate of drug-likeness (QED) is 0.702. The monoisotopic (exact) mass is 362 g/mol. The second-order valence-corrected chi connectivity index (χ2v) is 7.24. The van der Waals surface area contributed by atoms with E-state index < -0.39 is 0 Å². The summed E-state index contributed by atoms with van der Waals surface area (Å²) in [6, 6.07) is 16.7. The Hall–Kier alpha value is -2.82. The third-order valence-electron chi connectivity index (χ3n) is 5.15. The molecule has 3 heterocycles. The fourth-order valence-corrected chi connectivity index (χ4v) is 3.69. The molecule has 4 rings (SSSR count). The summed E-state index contributed by atoms with van der Waals surface area (Å²) in [7, 11) is 0. The number of furan rings is 1. The molecule has 1 aliphatic rings. The Kier molecular flexibility index (Phi) is 5.37. The van der Waals surface area contributed by atoms with E-state index in [0.29, 0.717) is 12.5 Å². The van der Waals surface area contributed by atoms with Gasteiger partial charge in [-0.05, 0) is 49.8 Å². The van der Waals surface area contributed by atoms with Crippen LogP contribution < -0.4 is 10.2 Å². The Morgan fingerprint density at radius 2 is 1.89 bits per heavy atom. The lowest BCUT2D eigenvalue weighted by Gasteiger charge is -2.33. The number of nitrogens with one attached hydrogen (secondary N) is 1. The lowest BCUT2D eigenvalue weighted by atomic mass is 9.90. The van der Waals surface area contributed by atoms with Gasteiger partial charge < -0.3 is 14.6 Å². The van der Waals surface area contributed by atoms with Crippen LogP contribution in [0.5, 0.6) is 0 Å². The minimum atomic E-state index is 0.592. The van der Waals surface area contributed by atoms with Crippen molar-refractivity contribution in [3.05, 3.63) is 71.8 Å². The molecule has 5 heteroatoms. The molecule has 2 aromatic heterocycles. The average Bonchev–Trinajstić information content (AvgIpc) is 3.21. The van der Waals surface area contributed by atoms with Gasteiger partial charge in [-0.15, -0.1) is 0 Å². The van der Waals surface area contributed by atoms with Crippen LogP contribution in [-0.4, -0.2) is 23.1 Å². The van der Waals surface area contributed by atoms with E-state index in [4.69, 9.17) is 9.40 Å². The van der Waals surface area contributed by atoms with Crippen molar-refractivity contribution in [2.45, 2.75) is 32.7 Å². The first-order chi connectivity index (χ1) is 13.3. The molecule has 0 spiro atoms. The molecule has 0 saturated carbocycles. The molecule has 0 radical (unpaired) electrons. The van der Waals surface area contributed by atoms with E-state index in [1.165, 1.54) is 24.8 Å². The molecule has 0 atom stereocenters. The zero-order valence-electron chi connectivity index (χ0n) is 15.8. The van der Waals surface area contributed by atoms with Crippen LogP contribution in [0.2, 0.25) is 0 Å². The first-order valence-electron chi connectivity index (χ1n) is 9.67. The highest BCUT2D eigenvalue weighted by molar-refractivity contribution is 5.45. The molecular weight excluding hydrogens is 336 g/mol. The summed E-state index contributed by atoms with van der Waals surface area (Å²) in [4.78, 5) is 11.6. The molecule has 5 nitrogen and oxygen atoms in total. The van der Waals surface area contributed by atoms with Crippen LogP contribution >= 0.6 is 0 Å². The fraction of sp³-hybridized carbons (Fsp3) is 0.364. The molecule has 140 valence electrons. The molecule has 27 heavy (non-hydrogen) atoms. The first kappa shape index (κ1) is 17.6. The minimum Gasteiger partial charge on any atom is -0.467 e. The fourth-order valence-electron chi connectivity index (χ4n) is 3.69. The number of hydrogen-bond donors (Lipinski definition) is 1. The van der Waals surface area contributed by atoms with Crippen molar-refractivity contribution < 1.29 is 4.42 Å². The number of piperidine rings is 1. The van der Waals surface area contributed by atoms with Crippen LogP contribution in [0.3, 0.4) is 0 Å². The van der Waals surface area contributed by atoms with Gasteiger partial charge in [0.1, 0.15) is 11.6 Å². The predicted molar refractivity (Wildman–Crippen MR) is 108 cm³/mol. The predicted octanol–water partition coefficient (Wildman–Crippen LogP) is 4.45. The second kappa shape index (κ2) is 8.25. The molecule has 1 aromatic carbocycles. The summed E-state index contributed by atoms with van der Waals surface area (Å²) in [5.41, 5.74) is 2.42. The summed E-state index contributed by atoms with van der Waals surface area (Å²) in [6.45, 7) is 4.71. The Labute approximate surface area is 160 Å². The molecule has 0 unspecified atom stereocenters. The zero-order valence-corrected chi connectivity index (χ0v) is 15.8. The van der Waals surface area contributed by atoms with Gasteiger partial charge in [-0.1, -0.05) is 30.3 Å². The zero-order chi connectivity index (χ0) is 18.5. The number of aromatic nitrogens is 2. The van der Waals surface area contributed by atoms with E-state index in [1.807, 2.05) is 19.1 Å². The smallest absolute Gasteiger partial charge is 0.225 e. The molecule has 1 N–H and O–H groups in total. The highest BCUT2D eigenvalue weighted by Gasteiger charge is 2.21. The van der Waals surface area contributed by atoms with Crippen LogP contribution in [0.1, 0.15) is 29.9 Å². The van der Waals surface area contributed by atoms with Crippen molar-refractivity contribution in [3.8, 4) is 0 Å². The van der Waals surface area contributed by atoms with Crippen LogP contribution in [-0.2, 0) is 13.0 Å². The third kappa shape index (κ3) is 4.67. The van der Waals surface area contributed by atoms with Crippen LogP contribution in [0.25, 0.3) is 0 Å². The van der Waals surface area contributed by atoms with Gasteiger partial charge >= 0.3 is 0 Å². The molecule has 0 amide bonds. The number of rotatable bonds is 6. The van der Waals surface area contributed by atoms with Crippen molar-refractivity contribution in [2.24, 2.45) is 5.92 Å². The molecule has 1 fully saturated rings. The van der Waals surface area contributed by atoms with Crippen LogP contribution in [0.4, 0.5) is 11.8 Å². The van der Waals surface area contributed by atoms with Gasteiger partial charge in [0.05, 0.1) is 12.8 Å². The number of benzene rings is 1. The van der Waals surface area contributed by atoms with E-state index in [0.717, 1.165) is 36.3 Å². The SMILES string of the molecule is Cc1cc(N2CCC(Cc3ccccc3)CC2)nc(NCc2ccco2)n1. The van der Waals surface area contributed by atoms with Gasteiger partial charge in [0.15, 0.2) is 0 Å². The lowest BCUT2D eigenvalue weighted by molar-refractivity contribution is 0.402. The van der Waals surface area contributed by atoms with Gasteiger partial charge in [-0.3, -0.25) is 0 Å². The van der Waals surface area contributed by atoms with Crippen LogP contribution in [0.15, 0.2) is 59.2 Å². The summed E-state index contributed by atoms with van der Waals surface area (Å²) >= 11 is 0. The van der Waals surface area contributed by atoms with Crippen LogP contribution in [0, 0.1) is 12.8 Å². The van der Waals surface area contributed by atoms with Crippen molar-refractivity contribution in [3.63, 3.8) is 0 Å². The maximum absolute atomic E-state index is 5.36. The third-order valence-corrected chi connectivity index (χ3v) is 5.15. The summed E-state index contributed by atoms with van der Waals surface area (Å²) in [5.74, 6) is 3.31. The minimum absolute atomic E-state index is 0.592. The Bertz CT molecular complexity index is 840. The number of anilines is 2. The molecule has 0 bridgehead atoms. The van der Waals surface area contributed by atoms with Crippen molar-refractivity contribution in [1.82, 2.24) is 9.97 Å². The van der Waals surface area contributed by atoms with Gasteiger partial charge in [0.25, 0.3) is 0 Å². The van der Waals surface area contributed by atoms with Gasteiger partial charge in [0, 0.05) is 24.8 Å². The largest absolute Gasteiger partial charge is 0.467 e. The highest BCUT2D eigenvalue weighted by atomic mass is 16.3. The summed E-state index contributed by atoms with van der Waals surface area (Å²) < 4.78 is 5.36. The normalized spacial score (nSPS) is 15.1. The number of nitrogens with zero attached hydrogens (tertiary/aromatic N) is 3. The summed E-state index contributed by atoms with van der Waals surface area (Å²) in [5, 5.41) is 3.27. The number of aryl methyl sites for hydroxylation is 1. The van der Waals surface area contributed by atoms with Gasteiger partial charge in [-0.2, -0.15) is 4.98 Å². The van der Waals surface area contributed by atoms with Crippen molar-refractivity contribution >= 4 is 11.8 Å². The molecule has 3 aromatic rings. The van der Waals surface area contributed by atoms with E-state index in [2.05, 4.69) is 51.6 Å². The molecule has 1 saturated heterocycles. The topological polar surface area (TPSA) is 54.2 Å². The van der Waals surface area contributed by atoms with Gasteiger partial charge in [-0.25, -0.2) is 4.98 Å². The standard InChI is InChI=1S/C22H26N4O/c1-17-14-21(25-22(24-17)23-16-20-8-5-13-27-20)26-11-9-19(10-12-26)15-18-6-3-2-4-7-18/h2-8,13-14,19H,9-12,15-16H2,1H3,(H,23,24,25). The second-order valence-electron chi connectivity index (χ2n) is 7.24.